The molecule has 10 rings (SSSR count). The Morgan fingerprint density at radius 3 is 1.67 bits per heavy atom. The maximum Gasteiger partial charge on any atom is 0.0561 e. The fourth-order valence-corrected chi connectivity index (χ4v) is 8.13. The van der Waals surface area contributed by atoms with E-state index in [1.807, 2.05) is 0 Å². The summed E-state index contributed by atoms with van der Waals surface area (Å²) in [7, 11) is 0. The van der Waals surface area contributed by atoms with Gasteiger partial charge in [-0.2, -0.15) is 0 Å². The van der Waals surface area contributed by atoms with E-state index in [-0.39, 0.29) is 0 Å². The van der Waals surface area contributed by atoms with Crippen LogP contribution in [-0.4, -0.2) is 4.57 Å². The van der Waals surface area contributed by atoms with Crippen molar-refractivity contribution < 1.29 is 0 Å². The van der Waals surface area contributed by atoms with E-state index in [1.54, 1.807) is 0 Å². The standard InChI is InChI=1S/C52H36N2/c1-4-17-37(18-5-1)44-33-31-41(35-49(44)39-19-6-2-7-20-39)53(50-29-14-12-26-46(50)45-28-16-22-38-21-10-11-25-43(38)45)42-32-34-48-47-27-13-15-30-51(47)54(52(48)36-42)40-23-8-3-9-24-40/h1-36H. The lowest BCUT2D eigenvalue weighted by atomic mass is 9.93. The number of nitrogens with zero attached hydrogens (tertiary/aromatic N) is 2. The average molecular weight is 689 g/mol. The van der Waals surface area contributed by atoms with E-state index in [2.05, 4.69) is 228 Å². The summed E-state index contributed by atoms with van der Waals surface area (Å²) >= 11 is 0. The van der Waals surface area contributed by atoms with Crippen molar-refractivity contribution in [1.29, 1.82) is 0 Å². The summed E-state index contributed by atoms with van der Waals surface area (Å²) in [5, 5.41) is 4.93. The predicted molar refractivity (Wildman–Crippen MR) is 229 cm³/mol. The molecule has 2 nitrogen and oxygen atoms in total. The Morgan fingerprint density at radius 1 is 0.315 bits per heavy atom. The van der Waals surface area contributed by atoms with Gasteiger partial charge >= 0.3 is 0 Å². The number of anilines is 3. The van der Waals surface area contributed by atoms with Gasteiger partial charge in [-0.25, -0.2) is 0 Å². The van der Waals surface area contributed by atoms with Crippen molar-refractivity contribution in [1.82, 2.24) is 4.57 Å². The second kappa shape index (κ2) is 13.4. The zero-order valence-corrected chi connectivity index (χ0v) is 29.7. The van der Waals surface area contributed by atoms with Crippen LogP contribution in [0.15, 0.2) is 218 Å². The molecule has 254 valence electrons. The average Bonchev–Trinajstić information content (AvgIpc) is 3.58. The minimum Gasteiger partial charge on any atom is -0.310 e. The van der Waals surface area contributed by atoms with Crippen LogP contribution in [0.2, 0.25) is 0 Å². The van der Waals surface area contributed by atoms with Gasteiger partial charge in [0.1, 0.15) is 0 Å². The number of benzene rings is 9. The van der Waals surface area contributed by atoms with Gasteiger partial charge in [-0.15, -0.1) is 0 Å². The molecule has 0 fully saturated rings. The van der Waals surface area contributed by atoms with E-state index in [0.29, 0.717) is 0 Å². The summed E-state index contributed by atoms with van der Waals surface area (Å²) in [5.74, 6) is 0. The lowest BCUT2D eigenvalue weighted by Crippen LogP contribution is -2.12. The Balaban J connectivity index is 1.27. The number of hydrogen-bond donors (Lipinski definition) is 0. The lowest BCUT2D eigenvalue weighted by molar-refractivity contribution is 1.18. The Kier molecular flexibility index (Phi) is 7.85. The molecular weight excluding hydrogens is 653 g/mol. The molecule has 10 aromatic rings. The van der Waals surface area contributed by atoms with Crippen LogP contribution in [0.5, 0.6) is 0 Å². The van der Waals surface area contributed by atoms with Gasteiger partial charge in [0, 0.05) is 33.4 Å². The molecule has 0 saturated heterocycles. The molecule has 0 bridgehead atoms. The van der Waals surface area contributed by atoms with Gasteiger partial charge in [-0.05, 0) is 87.1 Å². The first-order valence-corrected chi connectivity index (χ1v) is 18.5. The molecule has 9 aromatic carbocycles. The van der Waals surface area contributed by atoms with Crippen LogP contribution in [0.25, 0.3) is 71.6 Å². The first-order valence-electron chi connectivity index (χ1n) is 18.5. The number of fused-ring (bicyclic) bond motifs is 4. The summed E-state index contributed by atoms with van der Waals surface area (Å²) in [6, 6.07) is 79.0. The second-order valence-electron chi connectivity index (χ2n) is 13.7. The Bertz CT molecular complexity index is 2920. The zero-order valence-electron chi connectivity index (χ0n) is 29.7. The van der Waals surface area contributed by atoms with Crippen molar-refractivity contribution in [3.63, 3.8) is 0 Å². The molecule has 1 heterocycles. The van der Waals surface area contributed by atoms with Gasteiger partial charge in [0.15, 0.2) is 0 Å². The highest BCUT2D eigenvalue weighted by atomic mass is 15.1. The van der Waals surface area contributed by atoms with Crippen LogP contribution in [0, 0.1) is 0 Å². The van der Waals surface area contributed by atoms with Crippen molar-refractivity contribution >= 4 is 49.6 Å². The quantitative estimate of drug-likeness (QED) is 0.162. The molecule has 0 aliphatic heterocycles. The topological polar surface area (TPSA) is 8.17 Å². The molecular formula is C52H36N2. The van der Waals surface area contributed by atoms with E-state index in [9.17, 15) is 0 Å². The number of para-hydroxylation sites is 3. The van der Waals surface area contributed by atoms with E-state index in [4.69, 9.17) is 0 Å². The smallest absolute Gasteiger partial charge is 0.0561 e. The number of aromatic nitrogens is 1. The number of hydrogen-bond acceptors (Lipinski definition) is 1. The zero-order chi connectivity index (χ0) is 35.8. The SMILES string of the molecule is c1ccc(-c2ccc(N(c3ccc4c5ccccc5n(-c5ccccc5)c4c3)c3ccccc3-c3cccc4ccccc34)cc2-c2ccccc2)cc1. The van der Waals surface area contributed by atoms with Crippen LogP contribution < -0.4 is 4.90 Å². The maximum atomic E-state index is 2.45. The van der Waals surface area contributed by atoms with Crippen LogP contribution >= 0.6 is 0 Å². The summed E-state index contributed by atoms with van der Waals surface area (Å²) < 4.78 is 2.40. The van der Waals surface area contributed by atoms with Gasteiger partial charge in [0.2, 0.25) is 0 Å². The monoisotopic (exact) mass is 688 g/mol. The molecule has 0 aliphatic rings. The van der Waals surface area contributed by atoms with Gasteiger partial charge in [-0.1, -0.05) is 170 Å². The van der Waals surface area contributed by atoms with Gasteiger partial charge in [0.05, 0.1) is 16.7 Å². The fraction of sp³-hybridized carbons (Fsp3) is 0. The molecule has 1 aromatic heterocycles. The van der Waals surface area contributed by atoms with Crippen LogP contribution in [0.4, 0.5) is 17.1 Å². The molecule has 0 radical (unpaired) electrons. The lowest BCUT2D eigenvalue weighted by Gasteiger charge is -2.29. The van der Waals surface area contributed by atoms with Gasteiger partial charge in [-0.3, -0.25) is 0 Å². The normalized spacial score (nSPS) is 11.3. The first-order chi connectivity index (χ1) is 26.8. The van der Waals surface area contributed by atoms with E-state index in [1.165, 1.54) is 60.4 Å². The first kappa shape index (κ1) is 31.6. The van der Waals surface area contributed by atoms with E-state index >= 15 is 0 Å². The van der Waals surface area contributed by atoms with E-state index in [0.717, 1.165) is 28.3 Å². The van der Waals surface area contributed by atoms with Crippen molar-refractivity contribution in [3.8, 4) is 39.1 Å². The Labute approximate surface area is 315 Å². The molecule has 0 saturated carbocycles. The highest BCUT2D eigenvalue weighted by Crippen LogP contribution is 2.46. The Morgan fingerprint density at radius 2 is 0.870 bits per heavy atom. The maximum absolute atomic E-state index is 2.45. The number of rotatable bonds is 7. The highest BCUT2D eigenvalue weighted by Gasteiger charge is 2.22. The molecule has 0 atom stereocenters. The Hall–Kier alpha value is -7.16. The van der Waals surface area contributed by atoms with E-state index < -0.39 is 0 Å². The molecule has 0 N–H and O–H groups in total. The highest BCUT2D eigenvalue weighted by molar-refractivity contribution is 6.11. The van der Waals surface area contributed by atoms with Crippen molar-refractivity contribution in [2.45, 2.75) is 0 Å². The molecule has 54 heavy (non-hydrogen) atoms. The van der Waals surface area contributed by atoms with Crippen molar-refractivity contribution in [3.05, 3.63) is 218 Å². The summed E-state index contributed by atoms with van der Waals surface area (Å²) in [4.78, 5) is 2.45. The third-order valence-corrected chi connectivity index (χ3v) is 10.6. The summed E-state index contributed by atoms with van der Waals surface area (Å²) in [6.07, 6.45) is 0. The molecule has 0 amide bonds. The second-order valence-corrected chi connectivity index (χ2v) is 13.7. The van der Waals surface area contributed by atoms with Crippen LogP contribution in [0.3, 0.4) is 0 Å². The molecule has 0 spiro atoms. The fourth-order valence-electron chi connectivity index (χ4n) is 8.13. The predicted octanol–water partition coefficient (Wildman–Crippen LogP) is 14.4. The minimum absolute atomic E-state index is 1.08. The summed E-state index contributed by atoms with van der Waals surface area (Å²) in [5.41, 5.74) is 13.9. The summed E-state index contributed by atoms with van der Waals surface area (Å²) in [6.45, 7) is 0. The molecule has 0 aliphatic carbocycles. The van der Waals surface area contributed by atoms with Crippen molar-refractivity contribution in [2.24, 2.45) is 0 Å². The minimum atomic E-state index is 1.08. The van der Waals surface area contributed by atoms with Crippen LogP contribution in [-0.2, 0) is 0 Å². The third-order valence-electron chi connectivity index (χ3n) is 10.6. The van der Waals surface area contributed by atoms with Gasteiger partial charge in [0.25, 0.3) is 0 Å². The third kappa shape index (κ3) is 5.44. The van der Waals surface area contributed by atoms with Crippen LogP contribution in [0.1, 0.15) is 0 Å². The molecule has 2 heteroatoms. The van der Waals surface area contributed by atoms with Gasteiger partial charge < -0.3 is 9.47 Å². The molecule has 0 unspecified atom stereocenters. The largest absolute Gasteiger partial charge is 0.310 e. The van der Waals surface area contributed by atoms with Crippen molar-refractivity contribution in [2.75, 3.05) is 4.90 Å².